The van der Waals surface area contributed by atoms with Crippen LogP contribution in [0, 0.1) is 21.8 Å². The smallest absolute Gasteiger partial charge is 0.489 e. The van der Waals surface area contributed by atoms with E-state index in [9.17, 15) is 10.1 Å². The predicted molar refractivity (Wildman–Crippen MR) is 108 cm³/mol. The van der Waals surface area contributed by atoms with Crippen molar-refractivity contribution < 1.29 is 9.35 Å². The van der Waals surface area contributed by atoms with Gasteiger partial charge < -0.3 is 15.3 Å². The van der Waals surface area contributed by atoms with Crippen LogP contribution in [0.25, 0.3) is 5.43 Å². The van der Waals surface area contributed by atoms with Gasteiger partial charge in [-0.1, -0.05) is 62.4 Å². The van der Waals surface area contributed by atoms with Crippen molar-refractivity contribution >= 4 is 11.5 Å². The van der Waals surface area contributed by atoms with E-state index in [1.165, 1.54) is 0 Å². The Bertz CT molecular complexity index is 936. The van der Waals surface area contributed by atoms with E-state index in [0.29, 0.717) is 18.6 Å². The molecule has 2 aromatic rings. The molecule has 1 aliphatic heterocycles. The van der Waals surface area contributed by atoms with Crippen molar-refractivity contribution in [1.82, 2.24) is 0 Å². The first kappa shape index (κ1) is 18.1. The van der Waals surface area contributed by atoms with Crippen molar-refractivity contribution in [3.63, 3.8) is 0 Å². The number of benzene rings is 2. The summed E-state index contributed by atoms with van der Waals surface area (Å²) in [5, 5.41) is 11.7. The van der Waals surface area contributed by atoms with Crippen LogP contribution in [0.2, 0.25) is 0 Å². The van der Waals surface area contributed by atoms with Gasteiger partial charge in [-0.05, 0) is 41.5 Å². The average Bonchev–Trinajstić information content (AvgIpc) is 3.06. The summed E-state index contributed by atoms with van der Waals surface area (Å²) >= 11 is 0. The van der Waals surface area contributed by atoms with Gasteiger partial charge >= 0.3 is 6.23 Å². The number of hydrogen-bond acceptors (Lipinski definition) is 3. The molecule has 0 saturated carbocycles. The number of ketones is 1. The zero-order chi connectivity index (χ0) is 19.7. The molecule has 2 aliphatic rings. The molecular formula is C22H22N3O3-. The Morgan fingerprint density at radius 2 is 1.75 bits per heavy atom. The topological polar surface area (TPSA) is 80.6 Å². The molecule has 1 heterocycles. The normalized spacial score (nSPS) is 20.4. The summed E-state index contributed by atoms with van der Waals surface area (Å²) in [5.74, 6) is 0.115. The summed E-state index contributed by atoms with van der Waals surface area (Å²) in [6.45, 7) is 4.25. The van der Waals surface area contributed by atoms with Gasteiger partial charge in [0.05, 0.1) is 4.92 Å². The molecule has 0 fully saturated rings. The fourth-order valence-corrected chi connectivity index (χ4v) is 3.87. The largest absolute Gasteiger partial charge is 0.602 e. The molecule has 1 aliphatic carbocycles. The highest BCUT2D eigenvalue weighted by atomic mass is 16.7. The van der Waals surface area contributed by atoms with E-state index < -0.39 is 10.8 Å². The molecule has 0 amide bonds. The SMILES string of the molecule is CC1(C)CC2=[O+][C-]([N+](=O)[O-])C(c3ccccc3)C2=C([N-]Nc2ccccc2)C1. The third-order valence-electron chi connectivity index (χ3n) is 5.07. The molecular weight excluding hydrogens is 354 g/mol. The average molecular weight is 376 g/mol. The maximum atomic E-state index is 11.7. The summed E-state index contributed by atoms with van der Waals surface area (Å²) in [6.07, 6.45) is 1.22. The van der Waals surface area contributed by atoms with E-state index in [1.54, 1.807) is 0 Å². The predicted octanol–water partition coefficient (Wildman–Crippen LogP) is 5.13. The lowest BCUT2D eigenvalue weighted by Gasteiger charge is -2.41. The van der Waals surface area contributed by atoms with Gasteiger partial charge in [-0.2, -0.15) is 5.70 Å². The second-order valence-electron chi connectivity index (χ2n) is 7.93. The molecule has 6 nitrogen and oxygen atoms in total. The van der Waals surface area contributed by atoms with E-state index in [0.717, 1.165) is 22.5 Å². The lowest BCUT2D eigenvalue weighted by molar-refractivity contribution is -0.663. The lowest BCUT2D eigenvalue weighted by Crippen LogP contribution is -2.27. The number of para-hydroxylation sites is 1. The minimum Gasteiger partial charge on any atom is -0.602 e. The van der Waals surface area contributed by atoms with Gasteiger partial charge in [0, 0.05) is 5.69 Å². The summed E-state index contributed by atoms with van der Waals surface area (Å²) in [4.78, 5) is 11.3. The highest BCUT2D eigenvalue weighted by molar-refractivity contribution is 6.01. The van der Waals surface area contributed by atoms with Gasteiger partial charge in [0.15, 0.2) is 5.78 Å². The van der Waals surface area contributed by atoms with Crippen molar-refractivity contribution in [1.29, 1.82) is 0 Å². The van der Waals surface area contributed by atoms with Gasteiger partial charge in [0.2, 0.25) is 0 Å². The third-order valence-corrected chi connectivity index (χ3v) is 5.07. The van der Waals surface area contributed by atoms with Crippen LogP contribution in [-0.4, -0.2) is 10.7 Å². The summed E-state index contributed by atoms with van der Waals surface area (Å²) in [5.41, 5.74) is 11.0. The molecule has 0 bridgehead atoms. The Labute approximate surface area is 164 Å². The first-order chi connectivity index (χ1) is 13.4. The van der Waals surface area contributed by atoms with Gasteiger partial charge in [0.25, 0.3) is 0 Å². The van der Waals surface area contributed by atoms with Crippen LogP contribution in [0.1, 0.15) is 38.2 Å². The number of rotatable bonds is 5. The molecule has 2 aromatic carbocycles. The van der Waals surface area contributed by atoms with E-state index in [1.807, 2.05) is 60.7 Å². The standard InChI is InChI=1S/C22H22N3O3/c1-22(2)13-17(24-23-16-11-7-4-8-12-16)20-18(14-22)28-21(25(26)27)19(20)15-9-5-3-6-10-15/h3-12,19,23H,13-14H2,1-2H3/q-1. The number of nitro groups is 1. The summed E-state index contributed by atoms with van der Waals surface area (Å²) < 4.78 is 5.80. The molecule has 0 radical (unpaired) electrons. The Morgan fingerprint density at radius 1 is 1.11 bits per heavy atom. The van der Waals surface area contributed by atoms with E-state index in [4.69, 9.17) is 4.42 Å². The number of fused-ring (bicyclic) bond motifs is 1. The molecule has 1 atom stereocenters. The Morgan fingerprint density at radius 3 is 2.39 bits per heavy atom. The molecule has 4 rings (SSSR count). The van der Waals surface area contributed by atoms with Crippen molar-refractivity contribution in [2.24, 2.45) is 5.41 Å². The zero-order valence-corrected chi connectivity index (χ0v) is 15.9. The fraction of sp³-hybridized carbons (Fsp3) is 0.273. The van der Waals surface area contributed by atoms with E-state index in [2.05, 4.69) is 24.7 Å². The van der Waals surface area contributed by atoms with E-state index >= 15 is 0 Å². The Hall–Kier alpha value is -3.28. The van der Waals surface area contributed by atoms with Crippen LogP contribution >= 0.6 is 0 Å². The van der Waals surface area contributed by atoms with Gasteiger partial charge in [-0.25, -0.2) is 0 Å². The molecule has 1 N–H and O–H groups in total. The third kappa shape index (κ3) is 3.45. The van der Waals surface area contributed by atoms with Gasteiger partial charge in [-0.15, -0.1) is 0 Å². The van der Waals surface area contributed by atoms with Gasteiger partial charge in [0.1, 0.15) is 5.92 Å². The number of nitrogens with one attached hydrogen (secondary N) is 1. The second-order valence-corrected chi connectivity index (χ2v) is 7.93. The highest BCUT2D eigenvalue weighted by Gasteiger charge is 2.50. The maximum absolute atomic E-state index is 11.7. The molecule has 144 valence electrons. The Balaban J connectivity index is 1.76. The zero-order valence-electron chi connectivity index (χ0n) is 15.9. The molecule has 0 aromatic heterocycles. The number of allylic oxidation sites excluding steroid dienone is 1. The monoisotopic (exact) mass is 376 g/mol. The van der Waals surface area contributed by atoms with E-state index in [-0.39, 0.29) is 11.6 Å². The molecule has 0 saturated heterocycles. The second kappa shape index (κ2) is 7.03. The Kier molecular flexibility index (Phi) is 4.55. The molecule has 28 heavy (non-hydrogen) atoms. The summed E-state index contributed by atoms with van der Waals surface area (Å²) in [7, 11) is 0. The van der Waals surface area contributed by atoms with Crippen LogP contribution < -0.4 is 5.43 Å². The van der Waals surface area contributed by atoms with Crippen molar-refractivity contribution in [2.75, 3.05) is 5.43 Å². The van der Waals surface area contributed by atoms with Crippen LogP contribution in [0.15, 0.2) is 71.9 Å². The van der Waals surface area contributed by atoms with Crippen molar-refractivity contribution in [2.45, 2.75) is 32.6 Å². The number of carbonyl (C=O) groups excluding carboxylic acids is 1. The number of nitrogens with zero attached hydrogens (tertiary/aromatic N) is 2. The fourth-order valence-electron chi connectivity index (χ4n) is 3.87. The molecule has 6 heteroatoms. The van der Waals surface area contributed by atoms with Crippen LogP contribution in [0.4, 0.5) is 5.69 Å². The van der Waals surface area contributed by atoms with Crippen molar-refractivity contribution in [3.05, 3.63) is 99.3 Å². The van der Waals surface area contributed by atoms with Gasteiger partial charge in [-0.3, -0.25) is 10.1 Å². The number of hydrogen-bond donors (Lipinski definition) is 1. The first-order valence-corrected chi connectivity index (χ1v) is 9.30. The first-order valence-electron chi connectivity index (χ1n) is 9.30. The number of anilines is 1. The highest BCUT2D eigenvalue weighted by Crippen LogP contribution is 2.49. The maximum Gasteiger partial charge on any atom is 0.489 e. The summed E-state index contributed by atoms with van der Waals surface area (Å²) in [6, 6.07) is 19.1. The van der Waals surface area contributed by atoms with Crippen LogP contribution in [0.3, 0.4) is 0 Å². The molecule has 1 unspecified atom stereocenters. The lowest BCUT2D eigenvalue weighted by atomic mass is 9.72. The quantitative estimate of drug-likeness (QED) is 0.340. The minimum absolute atomic E-state index is 0.0939. The van der Waals surface area contributed by atoms with Crippen molar-refractivity contribution in [3.8, 4) is 0 Å². The van der Waals surface area contributed by atoms with Crippen LogP contribution in [-0.2, 0) is 4.42 Å². The minimum atomic E-state index is -0.543. The molecule has 0 spiro atoms. The van der Waals surface area contributed by atoms with Crippen LogP contribution in [0.5, 0.6) is 0 Å².